The second-order valence-electron chi connectivity index (χ2n) is 7.22. The molecule has 1 fully saturated rings. The summed E-state index contributed by atoms with van der Waals surface area (Å²) in [5.74, 6) is 0.359. The molecule has 7 nitrogen and oxygen atoms in total. The molecule has 2 aromatic carbocycles. The molecule has 29 heavy (non-hydrogen) atoms. The van der Waals surface area contributed by atoms with Gasteiger partial charge in [0.2, 0.25) is 0 Å². The lowest BCUT2D eigenvalue weighted by atomic mass is 10.0. The summed E-state index contributed by atoms with van der Waals surface area (Å²) in [5, 5.41) is 14.2. The summed E-state index contributed by atoms with van der Waals surface area (Å²) in [6.07, 6.45) is 4.69. The summed E-state index contributed by atoms with van der Waals surface area (Å²) in [5.41, 5.74) is 0.998. The Balaban J connectivity index is 1.79. The molecule has 1 N–H and O–H groups in total. The third-order valence-electron chi connectivity index (χ3n) is 5.38. The fraction of sp³-hybridized carbons (Fsp3) is 0.409. The second-order valence-corrected chi connectivity index (χ2v) is 7.22. The van der Waals surface area contributed by atoms with Gasteiger partial charge in [0, 0.05) is 12.6 Å². The number of para-hydroxylation sites is 1. The van der Waals surface area contributed by atoms with Crippen molar-refractivity contribution in [2.45, 2.75) is 31.7 Å². The number of carbonyl (C=O) groups is 1. The lowest BCUT2D eigenvalue weighted by molar-refractivity contribution is -0.385. The van der Waals surface area contributed by atoms with E-state index in [2.05, 4.69) is 10.2 Å². The number of nitro groups is 1. The van der Waals surface area contributed by atoms with E-state index in [9.17, 15) is 14.9 Å². The standard InChI is InChI=1S/C22H27N3O4/c1-29-18-12-10-17(11-13-18)21(24-14-6-2-3-7-15-24)16-23-22(26)19-8-4-5-9-20(19)25(27)28/h4-5,8-13,21H,2-3,6-7,14-16H2,1H3,(H,23,26). The first-order valence-electron chi connectivity index (χ1n) is 10.00. The minimum atomic E-state index is -0.523. The number of likely N-dealkylation sites (tertiary alicyclic amines) is 1. The van der Waals surface area contributed by atoms with Gasteiger partial charge in [-0.1, -0.05) is 37.1 Å². The molecule has 1 atom stereocenters. The Hall–Kier alpha value is -2.93. The van der Waals surface area contributed by atoms with Crippen LogP contribution in [0.1, 0.15) is 47.6 Å². The van der Waals surface area contributed by atoms with E-state index in [0.29, 0.717) is 6.54 Å². The SMILES string of the molecule is COc1ccc(C(CNC(=O)c2ccccc2[N+](=O)[O-])N2CCCCCC2)cc1. The van der Waals surface area contributed by atoms with Gasteiger partial charge in [0.25, 0.3) is 11.6 Å². The molecule has 0 saturated carbocycles. The van der Waals surface area contributed by atoms with Gasteiger partial charge in [-0.25, -0.2) is 0 Å². The number of rotatable bonds is 7. The topological polar surface area (TPSA) is 84.7 Å². The number of nitrogens with zero attached hydrogens (tertiary/aromatic N) is 2. The lowest BCUT2D eigenvalue weighted by Crippen LogP contribution is -2.38. The van der Waals surface area contributed by atoms with Gasteiger partial charge >= 0.3 is 0 Å². The minimum absolute atomic E-state index is 0.00530. The monoisotopic (exact) mass is 397 g/mol. The van der Waals surface area contributed by atoms with Gasteiger partial charge in [-0.15, -0.1) is 0 Å². The first-order chi connectivity index (χ1) is 14.1. The Morgan fingerprint density at radius 3 is 2.38 bits per heavy atom. The Kier molecular flexibility index (Phi) is 7.19. The molecule has 1 heterocycles. The van der Waals surface area contributed by atoms with E-state index in [1.165, 1.54) is 25.0 Å². The molecule has 0 radical (unpaired) electrons. The first kappa shape index (κ1) is 20.8. The highest BCUT2D eigenvalue weighted by Gasteiger charge is 2.24. The van der Waals surface area contributed by atoms with Crippen LogP contribution in [-0.2, 0) is 0 Å². The molecule has 2 aromatic rings. The molecule has 0 aromatic heterocycles. The molecule has 154 valence electrons. The van der Waals surface area contributed by atoms with Gasteiger partial charge < -0.3 is 10.1 Å². The van der Waals surface area contributed by atoms with Crippen molar-refractivity contribution in [1.82, 2.24) is 10.2 Å². The molecule has 1 aliphatic rings. The van der Waals surface area contributed by atoms with Gasteiger partial charge in [-0.05, 0) is 49.7 Å². The summed E-state index contributed by atoms with van der Waals surface area (Å²) in [6, 6.07) is 13.9. The van der Waals surface area contributed by atoms with Gasteiger partial charge in [0.05, 0.1) is 18.1 Å². The van der Waals surface area contributed by atoms with Crippen LogP contribution >= 0.6 is 0 Å². The molecular weight excluding hydrogens is 370 g/mol. The normalized spacial score (nSPS) is 15.9. The van der Waals surface area contributed by atoms with Crippen LogP contribution < -0.4 is 10.1 Å². The van der Waals surface area contributed by atoms with E-state index >= 15 is 0 Å². The number of carbonyl (C=O) groups excluding carboxylic acids is 1. The zero-order chi connectivity index (χ0) is 20.6. The molecule has 1 saturated heterocycles. The molecule has 1 unspecified atom stereocenters. The van der Waals surface area contributed by atoms with Crippen LogP contribution in [0.15, 0.2) is 48.5 Å². The van der Waals surface area contributed by atoms with Crippen molar-refractivity contribution in [3.05, 3.63) is 69.8 Å². The summed E-state index contributed by atoms with van der Waals surface area (Å²) >= 11 is 0. The average Bonchev–Trinajstić information content (AvgIpc) is 3.03. The number of ether oxygens (including phenoxy) is 1. The third kappa shape index (κ3) is 5.32. The van der Waals surface area contributed by atoms with Crippen LogP contribution in [0.5, 0.6) is 5.75 Å². The Morgan fingerprint density at radius 2 is 1.76 bits per heavy atom. The summed E-state index contributed by atoms with van der Waals surface area (Å²) in [7, 11) is 1.63. The Bertz CT molecular complexity index is 830. The highest BCUT2D eigenvalue weighted by molar-refractivity contribution is 5.98. The van der Waals surface area contributed by atoms with Crippen LogP contribution in [0.4, 0.5) is 5.69 Å². The first-order valence-corrected chi connectivity index (χ1v) is 10.00. The number of nitro benzene ring substituents is 1. The van der Waals surface area contributed by atoms with E-state index in [-0.39, 0.29) is 17.3 Å². The Labute approximate surface area is 170 Å². The van der Waals surface area contributed by atoms with Crippen molar-refractivity contribution in [1.29, 1.82) is 0 Å². The van der Waals surface area contributed by atoms with Gasteiger partial charge in [0.15, 0.2) is 0 Å². The van der Waals surface area contributed by atoms with Crippen molar-refractivity contribution in [3.8, 4) is 5.75 Å². The maximum atomic E-state index is 12.7. The zero-order valence-corrected chi connectivity index (χ0v) is 16.7. The third-order valence-corrected chi connectivity index (χ3v) is 5.38. The predicted octanol–water partition coefficient (Wildman–Crippen LogP) is 3.95. The molecule has 1 aliphatic heterocycles. The molecule has 0 bridgehead atoms. The quantitative estimate of drug-likeness (QED) is 0.565. The maximum Gasteiger partial charge on any atom is 0.282 e. The van der Waals surface area contributed by atoms with Crippen LogP contribution in [0.2, 0.25) is 0 Å². The summed E-state index contributed by atoms with van der Waals surface area (Å²) < 4.78 is 5.26. The number of amides is 1. The fourth-order valence-electron chi connectivity index (χ4n) is 3.80. The van der Waals surface area contributed by atoms with Crippen molar-refractivity contribution < 1.29 is 14.5 Å². The molecular formula is C22H27N3O4. The predicted molar refractivity (Wildman–Crippen MR) is 111 cm³/mol. The van der Waals surface area contributed by atoms with Crippen LogP contribution in [-0.4, -0.2) is 42.5 Å². The fourth-order valence-corrected chi connectivity index (χ4v) is 3.80. The number of methoxy groups -OCH3 is 1. The van der Waals surface area contributed by atoms with E-state index in [1.807, 2.05) is 24.3 Å². The number of hydrogen-bond donors (Lipinski definition) is 1. The van der Waals surface area contributed by atoms with Crippen LogP contribution in [0.3, 0.4) is 0 Å². The van der Waals surface area contributed by atoms with Gasteiger partial charge in [-0.2, -0.15) is 0 Å². The van der Waals surface area contributed by atoms with E-state index < -0.39 is 10.8 Å². The molecule has 3 rings (SSSR count). The zero-order valence-electron chi connectivity index (χ0n) is 16.7. The average molecular weight is 397 g/mol. The van der Waals surface area contributed by atoms with Gasteiger partial charge in [-0.3, -0.25) is 19.8 Å². The van der Waals surface area contributed by atoms with Gasteiger partial charge in [0.1, 0.15) is 11.3 Å². The largest absolute Gasteiger partial charge is 0.497 e. The van der Waals surface area contributed by atoms with E-state index in [0.717, 1.165) is 37.2 Å². The minimum Gasteiger partial charge on any atom is -0.497 e. The van der Waals surface area contributed by atoms with E-state index in [1.54, 1.807) is 19.2 Å². The lowest BCUT2D eigenvalue weighted by Gasteiger charge is -2.31. The highest BCUT2D eigenvalue weighted by atomic mass is 16.6. The number of hydrogen-bond acceptors (Lipinski definition) is 5. The van der Waals surface area contributed by atoms with E-state index in [4.69, 9.17) is 4.74 Å². The van der Waals surface area contributed by atoms with Crippen molar-refractivity contribution in [2.24, 2.45) is 0 Å². The maximum absolute atomic E-state index is 12.7. The van der Waals surface area contributed by atoms with Crippen molar-refractivity contribution in [3.63, 3.8) is 0 Å². The Morgan fingerprint density at radius 1 is 1.10 bits per heavy atom. The molecule has 7 heteroatoms. The second kappa shape index (κ2) is 10.0. The molecule has 1 amide bonds. The summed E-state index contributed by atoms with van der Waals surface area (Å²) in [4.78, 5) is 25.8. The van der Waals surface area contributed by atoms with Crippen molar-refractivity contribution in [2.75, 3.05) is 26.7 Å². The number of nitrogens with one attached hydrogen (secondary N) is 1. The number of benzene rings is 2. The smallest absolute Gasteiger partial charge is 0.282 e. The van der Waals surface area contributed by atoms with Crippen LogP contribution in [0.25, 0.3) is 0 Å². The molecule has 0 aliphatic carbocycles. The molecule has 0 spiro atoms. The van der Waals surface area contributed by atoms with Crippen molar-refractivity contribution >= 4 is 11.6 Å². The van der Waals surface area contributed by atoms with Crippen LogP contribution in [0, 0.1) is 10.1 Å². The highest BCUT2D eigenvalue weighted by Crippen LogP contribution is 2.26. The summed E-state index contributed by atoms with van der Waals surface area (Å²) in [6.45, 7) is 2.33.